The molecule has 0 spiro atoms. The molecule has 0 saturated carbocycles. The molecule has 2 aliphatic rings. The van der Waals surface area contributed by atoms with E-state index in [0.717, 1.165) is 31.6 Å². The van der Waals surface area contributed by atoms with Gasteiger partial charge in [-0.3, -0.25) is 0 Å². The van der Waals surface area contributed by atoms with Crippen molar-refractivity contribution in [3.63, 3.8) is 0 Å². The SMILES string of the molecule is CC(C)(C)OC(=O)N1CCC(NC(=NCc2cc(Br)cc(Cl)c2F)N2CC[C@@H](Oc3ccccc3)C2)CC1. The molecule has 0 unspecified atom stereocenters. The number of piperidine rings is 1. The molecule has 1 amide bonds. The maximum Gasteiger partial charge on any atom is 0.410 e. The highest BCUT2D eigenvalue weighted by molar-refractivity contribution is 9.10. The third-order valence-corrected chi connectivity index (χ3v) is 7.17. The van der Waals surface area contributed by atoms with Crippen LogP contribution in [0.1, 0.15) is 45.6 Å². The lowest BCUT2D eigenvalue weighted by Crippen LogP contribution is -2.51. The van der Waals surface area contributed by atoms with Gasteiger partial charge < -0.3 is 24.6 Å². The van der Waals surface area contributed by atoms with Gasteiger partial charge in [0.15, 0.2) is 5.96 Å². The number of guanidine groups is 1. The monoisotopic (exact) mass is 608 g/mol. The number of carbonyl (C=O) groups excluding carboxylic acids is 1. The van der Waals surface area contributed by atoms with Gasteiger partial charge in [0.25, 0.3) is 0 Å². The summed E-state index contributed by atoms with van der Waals surface area (Å²) in [6.45, 7) is 8.37. The van der Waals surface area contributed by atoms with Crippen molar-refractivity contribution in [3.8, 4) is 5.75 Å². The van der Waals surface area contributed by atoms with Crippen LogP contribution in [0.5, 0.6) is 5.75 Å². The van der Waals surface area contributed by atoms with Crippen LogP contribution in [0.4, 0.5) is 9.18 Å². The molecule has 0 bridgehead atoms. The molecular weight excluding hydrogens is 575 g/mol. The Morgan fingerprint density at radius 3 is 2.50 bits per heavy atom. The number of para-hydroxylation sites is 1. The van der Waals surface area contributed by atoms with Crippen LogP contribution in [0.25, 0.3) is 0 Å². The number of likely N-dealkylation sites (tertiary alicyclic amines) is 2. The van der Waals surface area contributed by atoms with E-state index < -0.39 is 11.4 Å². The number of ether oxygens (including phenoxy) is 2. The van der Waals surface area contributed by atoms with E-state index in [9.17, 15) is 9.18 Å². The average molecular weight is 610 g/mol. The molecule has 1 atom stereocenters. The lowest BCUT2D eigenvalue weighted by molar-refractivity contribution is 0.0202. The third-order valence-electron chi connectivity index (χ3n) is 6.44. The Kier molecular flexibility index (Phi) is 9.41. The van der Waals surface area contributed by atoms with Crippen LogP contribution in [0.15, 0.2) is 51.9 Å². The highest BCUT2D eigenvalue weighted by Crippen LogP contribution is 2.25. The van der Waals surface area contributed by atoms with Crippen molar-refractivity contribution in [2.75, 3.05) is 26.2 Å². The number of hydrogen-bond acceptors (Lipinski definition) is 4. The summed E-state index contributed by atoms with van der Waals surface area (Å²) in [6, 6.07) is 13.1. The van der Waals surface area contributed by atoms with E-state index in [4.69, 9.17) is 26.1 Å². The minimum atomic E-state index is -0.523. The molecule has 2 saturated heterocycles. The predicted octanol–water partition coefficient (Wildman–Crippen LogP) is 6.24. The second kappa shape index (κ2) is 12.6. The van der Waals surface area contributed by atoms with E-state index in [1.54, 1.807) is 11.0 Å². The van der Waals surface area contributed by atoms with Crippen molar-refractivity contribution in [2.24, 2.45) is 4.99 Å². The molecule has 4 rings (SSSR count). The Labute approximate surface area is 237 Å². The molecule has 38 heavy (non-hydrogen) atoms. The summed E-state index contributed by atoms with van der Waals surface area (Å²) in [5, 5.41) is 3.64. The van der Waals surface area contributed by atoms with Crippen LogP contribution in [-0.4, -0.2) is 65.8 Å². The topological polar surface area (TPSA) is 66.4 Å². The number of carbonyl (C=O) groups is 1. The van der Waals surface area contributed by atoms with E-state index in [1.165, 1.54) is 6.07 Å². The summed E-state index contributed by atoms with van der Waals surface area (Å²) in [6.07, 6.45) is 2.10. The summed E-state index contributed by atoms with van der Waals surface area (Å²) in [4.78, 5) is 21.2. The third kappa shape index (κ3) is 7.99. The quantitative estimate of drug-likeness (QED) is 0.247. The molecule has 2 heterocycles. The van der Waals surface area contributed by atoms with Crippen LogP contribution >= 0.6 is 27.5 Å². The zero-order valence-corrected chi connectivity index (χ0v) is 24.4. The number of benzene rings is 2. The smallest absolute Gasteiger partial charge is 0.410 e. The Bertz CT molecular complexity index is 1140. The zero-order valence-electron chi connectivity index (χ0n) is 22.1. The van der Waals surface area contributed by atoms with Gasteiger partial charge in [0.2, 0.25) is 0 Å². The first-order valence-electron chi connectivity index (χ1n) is 13.0. The fourth-order valence-corrected chi connectivity index (χ4v) is 5.42. The van der Waals surface area contributed by atoms with E-state index >= 15 is 0 Å². The molecule has 0 aromatic heterocycles. The standard InChI is InChI=1S/C28H35BrClFN4O3/c1-28(2,3)38-27(36)34-12-9-21(10-13-34)33-26(32-17-19-15-20(29)16-24(30)25(19)31)35-14-11-23(18-35)37-22-7-5-4-6-8-22/h4-8,15-16,21,23H,9-14,17-18H2,1-3H3,(H,32,33)/t23-/m1/s1. The number of amides is 1. The van der Waals surface area contributed by atoms with Gasteiger partial charge in [0, 0.05) is 42.1 Å². The first kappa shape index (κ1) is 28.5. The summed E-state index contributed by atoms with van der Waals surface area (Å²) in [5.41, 5.74) is -0.107. The highest BCUT2D eigenvalue weighted by atomic mass is 79.9. The predicted molar refractivity (Wildman–Crippen MR) is 151 cm³/mol. The molecular formula is C28H35BrClFN4O3. The van der Waals surface area contributed by atoms with Crippen molar-refractivity contribution >= 4 is 39.6 Å². The van der Waals surface area contributed by atoms with E-state index in [2.05, 4.69) is 26.1 Å². The summed E-state index contributed by atoms with van der Waals surface area (Å²) >= 11 is 9.44. The van der Waals surface area contributed by atoms with Gasteiger partial charge >= 0.3 is 6.09 Å². The lowest BCUT2D eigenvalue weighted by Gasteiger charge is -2.35. The molecule has 2 fully saturated rings. The first-order chi connectivity index (χ1) is 18.1. The molecule has 10 heteroatoms. The van der Waals surface area contributed by atoms with Crippen LogP contribution in [-0.2, 0) is 11.3 Å². The van der Waals surface area contributed by atoms with Gasteiger partial charge in [-0.2, -0.15) is 0 Å². The number of nitrogens with zero attached hydrogens (tertiary/aromatic N) is 3. The van der Waals surface area contributed by atoms with Crippen molar-refractivity contribution in [1.82, 2.24) is 15.1 Å². The van der Waals surface area contributed by atoms with Crippen LogP contribution in [0.3, 0.4) is 0 Å². The Morgan fingerprint density at radius 2 is 1.82 bits per heavy atom. The van der Waals surface area contributed by atoms with Gasteiger partial charge in [-0.15, -0.1) is 0 Å². The largest absolute Gasteiger partial charge is 0.489 e. The summed E-state index contributed by atoms with van der Waals surface area (Å²) in [7, 11) is 0. The van der Waals surface area contributed by atoms with Crippen molar-refractivity contribution in [2.45, 2.75) is 64.3 Å². The van der Waals surface area contributed by atoms with Crippen molar-refractivity contribution in [1.29, 1.82) is 0 Å². The van der Waals surface area contributed by atoms with Gasteiger partial charge in [0.05, 0.1) is 18.1 Å². The van der Waals surface area contributed by atoms with Crippen LogP contribution in [0, 0.1) is 5.82 Å². The van der Waals surface area contributed by atoms with E-state index in [-0.39, 0.29) is 29.8 Å². The highest BCUT2D eigenvalue weighted by Gasteiger charge is 2.31. The molecule has 0 aliphatic carbocycles. The molecule has 0 radical (unpaired) electrons. The molecule has 2 aliphatic heterocycles. The van der Waals surface area contributed by atoms with Gasteiger partial charge in [0.1, 0.15) is 23.3 Å². The maximum absolute atomic E-state index is 14.7. The molecule has 2 aromatic carbocycles. The summed E-state index contributed by atoms with van der Waals surface area (Å²) < 4.78 is 27.1. The van der Waals surface area contributed by atoms with Gasteiger partial charge in [-0.1, -0.05) is 45.7 Å². The maximum atomic E-state index is 14.7. The lowest BCUT2D eigenvalue weighted by atomic mass is 10.1. The van der Waals surface area contributed by atoms with Gasteiger partial charge in [-0.25, -0.2) is 14.2 Å². The van der Waals surface area contributed by atoms with Crippen LogP contribution in [0.2, 0.25) is 5.02 Å². The van der Waals surface area contributed by atoms with E-state index in [0.29, 0.717) is 35.6 Å². The van der Waals surface area contributed by atoms with E-state index in [1.807, 2.05) is 51.1 Å². The Hall–Kier alpha value is -2.52. The molecule has 2 aromatic rings. The molecule has 1 N–H and O–H groups in total. The minimum absolute atomic E-state index is 0.0236. The summed E-state index contributed by atoms with van der Waals surface area (Å²) in [5.74, 6) is 1.08. The van der Waals surface area contributed by atoms with Gasteiger partial charge in [-0.05, 0) is 57.9 Å². The normalized spacial score (nSPS) is 19.0. The van der Waals surface area contributed by atoms with Crippen molar-refractivity contribution in [3.05, 3.63) is 63.3 Å². The fourth-order valence-electron chi connectivity index (χ4n) is 4.55. The minimum Gasteiger partial charge on any atom is -0.489 e. The van der Waals surface area contributed by atoms with Crippen molar-refractivity contribution < 1.29 is 18.7 Å². The number of aliphatic imine (C=N–C) groups is 1. The number of hydrogen-bond donors (Lipinski definition) is 1. The molecule has 7 nitrogen and oxygen atoms in total. The second-order valence-electron chi connectivity index (χ2n) is 10.7. The second-order valence-corrected chi connectivity index (χ2v) is 12.0. The molecule has 206 valence electrons. The number of nitrogens with one attached hydrogen (secondary N) is 1. The Balaban J connectivity index is 1.44. The Morgan fingerprint density at radius 1 is 1.13 bits per heavy atom. The first-order valence-corrected chi connectivity index (χ1v) is 14.1. The average Bonchev–Trinajstić information content (AvgIpc) is 3.32. The zero-order chi connectivity index (χ0) is 27.3. The number of rotatable bonds is 5. The number of halogens is 3. The fraction of sp³-hybridized carbons (Fsp3) is 0.500. The van der Waals surface area contributed by atoms with Crippen LogP contribution < -0.4 is 10.1 Å².